The molecular weight excluding hydrogens is 336 g/mol. The van der Waals surface area contributed by atoms with Crippen LogP contribution in [0.4, 0.5) is 0 Å². The second kappa shape index (κ2) is 7.91. The third-order valence-electron chi connectivity index (χ3n) is 5.81. The van der Waals surface area contributed by atoms with Gasteiger partial charge in [0.1, 0.15) is 17.5 Å². The van der Waals surface area contributed by atoms with Crippen molar-refractivity contribution in [2.45, 2.75) is 77.6 Å². The van der Waals surface area contributed by atoms with Gasteiger partial charge in [0.25, 0.3) is 0 Å². The monoisotopic (exact) mass is 366 g/mol. The predicted molar refractivity (Wildman–Crippen MR) is 95.1 cm³/mol. The Bertz CT molecular complexity index is 593. The number of aliphatic hydroxyl groups is 1. The summed E-state index contributed by atoms with van der Waals surface area (Å²) in [5.41, 5.74) is -1.16. The van der Waals surface area contributed by atoms with Crippen LogP contribution in [0.5, 0.6) is 0 Å². The largest absolute Gasteiger partial charge is 0.455 e. The van der Waals surface area contributed by atoms with E-state index in [9.17, 15) is 19.5 Å². The number of ether oxygens (including phenoxy) is 2. The number of esters is 2. The first-order valence-corrected chi connectivity index (χ1v) is 9.43. The van der Waals surface area contributed by atoms with Crippen molar-refractivity contribution in [1.82, 2.24) is 0 Å². The summed E-state index contributed by atoms with van der Waals surface area (Å²) in [6, 6.07) is 0. The fourth-order valence-electron chi connectivity index (χ4n) is 3.59. The van der Waals surface area contributed by atoms with Crippen molar-refractivity contribution in [3.63, 3.8) is 0 Å². The van der Waals surface area contributed by atoms with Crippen LogP contribution in [0.2, 0.25) is 0 Å². The molecular formula is C20H30O6. The lowest BCUT2D eigenvalue weighted by Gasteiger charge is -2.38. The van der Waals surface area contributed by atoms with Crippen molar-refractivity contribution in [2.75, 3.05) is 0 Å². The number of carbonyl (C=O) groups is 3. The van der Waals surface area contributed by atoms with E-state index in [0.717, 1.165) is 0 Å². The zero-order valence-corrected chi connectivity index (χ0v) is 16.1. The third-order valence-corrected chi connectivity index (χ3v) is 5.81. The smallest absolute Gasteiger partial charge is 0.334 e. The number of carbonyl (C=O) groups excluding carboxylic acids is 3. The Morgan fingerprint density at radius 2 is 2.12 bits per heavy atom. The summed E-state index contributed by atoms with van der Waals surface area (Å²) in [4.78, 5) is 37.0. The summed E-state index contributed by atoms with van der Waals surface area (Å²) in [5, 5.41) is 11.0. The van der Waals surface area contributed by atoms with Crippen molar-refractivity contribution < 1.29 is 29.0 Å². The first-order chi connectivity index (χ1) is 12.1. The molecule has 6 heteroatoms. The molecule has 0 aromatic heterocycles. The molecule has 0 bridgehead atoms. The molecule has 0 aromatic carbocycles. The molecule has 1 saturated carbocycles. The first kappa shape index (κ1) is 20.6. The fraction of sp³-hybridized carbons (Fsp3) is 0.750. The van der Waals surface area contributed by atoms with Crippen molar-refractivity contribution in [3.05, 3.63) is 12.2 Å². The molecule has 6 unspecified atom stereocenters. The van der Waals surface area contributed by atoms with Crippen LogP contribution in [0.25, 0.3) is 0 Å². The van der Waals surface area contributed by atoms with Gasteiger partial charge in [-0.1, -0.05) is 27.4 Å². The highest BCUT2D eigenvalue weighted by molar-refractivity contribution is 5.93. The van der Waals surface area contributed by atoms with E-state index >= 15 is 0 Å². The van der Waals surface area contributed by atoms with Crippen LogP contribution in [0.15, 0.2) is 12.2 Å². The van der Waals surface area contributed by atoms with Crippen LogP contribution < -0.4 is 0 Å². The van der Waals surface area contributed by atoms with Gasteiger partial charge in [-0.05, 0) is 32.6 Å². The summed E-state index contributed by atoms with van der Waals surface area (Å²) in [7, 11) is 0. The van der Waals surface area contributed by atoms with Crippen molar-refractivity contribution in [1.29, 1.82) is 0 Å². The maximum absolute atomic E-state index is 12.5. The maximum Gasteiger partial charge on any atom is 0.334 e. The van der Waals surface area contributed by atoms with E-state index in [4.69, 9.17) is 9.47 Å². The zero-order valence-electron chi connectivity index (χ0n) is 16.1. The van der Waals surface area contributed by atoms with Gasteiger partial charge in [0, 0.05) is 23.8 Å². The normalized spacial score (nSPS) is 36.9. The minimum atomic E-state index is -1.36. The maximum atomic E-state index is 12.5. The Kier molecular flexibility index (Phi) is 6.27. The number of fused-ring (bicyclic) bond motifs is 1. The second-order valence-corrected chi connectivity index (χ2v) is 7.99. The average Bonchev–Trinajstić information content (AvgIpc) is 2.85. The van der Waals surface area contributed by atoms with Crippen LogP contribution in [0, 0.1) is 17.8 Å². The van der Waals surface area contributed by atoms with Crippen LogP contribution >= 0.6 is 0 Å². The van der Waals surface area contributed by atoms with Crippen LogP contribution in [0.3, 0.4) is 0 Å². The van der Waals surface area contributed by atoms with Gasteiger partial charge < -0.3 is 14.6 Å². The Hall–Kier alpha value is -1.69. The Labute approximate surface area is 154 Å². The molecule has 0 aromatic rings. The van der Waals surface area contributed by atoms with E-state index < -0.39 is 35.7 Å². The molecule has 1 N–H and O–H groups in total. The standard InChI is InChI=1S/C20H30O6/c1-6-11(2)18(22)26-17-16-14(13(4)19(23)25-16)10-15(21)12(3)8-7-9-20(17,5)24/h11-12,14,16-17,24H,4,6-10H2,1-3,5H3. The van der Waals surface area contributed by atoms with E-state index in [1.54, 1.807) is 13.8 Å². The van der Waals surface area contributed by atoms with Gasteiger partial charge in [0.2, 0.25) is 0 Å². The average molecular weight is 366 g/mol. The molecule has 0 spiro atoms. The lowest BCUT2D eigenvalue weighted by Crippen LogP contribution is -2.52. The summed E-state index contributed by atoms with van der Waals surface area (Å²) < 4.78 is 11.1. The molecule has 2 rings (SSSR count). The molecule has 1 aliphatic heterocycles. The van der Waals surface area contributed by atoms with Gasteiger partial charge in [-0.15, -0.1) is 0 Å². The molecule has 6 atom stereocenters. The number of ketones is 1. The van der Waals surface area contributed by atoms with Crippen LogP contribution in [-0.4, -0.2) is 40.6 Å². The summed E-state index contributed by atoms with van der Waals surface area (Å²) in [6.45, 7) is 10.8. The Balaban J connectivity index is 2.39. The van der Waals surface area contributed by atoms with E-state index in [-0.39, 0.29) is 29.6 Å². The molecule has 0 amide bonds. The van der Waals surface area contributed by atoms with E-state index in [0.29, 0.717) is 25.7 Å². The molecule has 0 radical (unpaired) electrons. The van der Waals surface area contributed by atoms with Gasteiger partial charge in [-0.3, -0.25) is 9.59 Å². The number of hydrogen-bond donors (Lipinski definition) is 1. The highest BCUT2D eigenvalue weighted by atomic mass is 16.6. The van der Waals surface area contributed by atoms with Crippen LogP contribution in [-0.2, 0) is 23.9 Å². The first-order valence-electron chi connectivity index (χ1n) is 9.43. The number of Topliss-reactive ketones (excluding diaryl/α,β-unsaturated/α-hetero) is 1. The van der Waals surface area contributed by atoms with Gasteiger partial charge in [-0.2, -0.15) is 0 Å². The molecule has 26 heavy (non-hydrogen) atoms. The number of hydrogen-bond acceptors (Lipinski definition) is 6. The van der Waals surface area contributed by atoms with E-state index in [2.05, 4.69) is 6.58 Å². The highest BCUT2D eigenvalue weighted by Gasteiger charge is 2.52. The summed E-state index contributed by atoms with van der Waals surface area (Å²) in [6.07, 6.45) is 0.374. The highest BCUT2D eigenvalue weighted by Crippen LogP contribution is 2.39. The third kappa shape index (κ3) is 4.17. The zero-order chi connectivity index (χ0) is 19.6. The van der Waals surface area contributed by atoms with E-state index in [1.165, 1.54) is 0 Å². The molecule has 1 aliphatic carbocycles. The van der Waals surface area contributed by atoms with Crippen molar-refractivity contribution >= 4 is 17.7 Å². The van der Waals surface area contributed by atoms with Gasteiger partial charge >= 0.3 is 11.9 Å². The quantitative estimate of drug-likeness (QED) is 0.610. The van der Waals surface area contributed by atoms with Crippen molar-refractivity contribution in [3.8, 4) is 0 Å². The van der Waals surface area contributed by atoms with Gasteiger partial charge in [0.05, 0.1) is 5.92 Å². The molecule has 1 saturated heterocycles. The Morgan fingerprint density at radius 3 is 2.73 bits per heavy atom. The molecule has 1 heterocycles. The number of rotatable bonds is 3. The molecule has 6 nitrogen and oxygen atoms in total. The van der Waals surface area contributed by atoms with Crippen LogP contribution in [0.1, 0.15) is 59.8 Å². The van der Waals surface area contributed by atoms with Gasteiger partial charge in [-0.25, -0.2) is 4.79 Å². The summed E-state index contributed by atoms with van der Waals surface area (Å²) >= 11 is 0. The summed E-state index contributed by atoms with van der Waals surface area (Å²) in [5.74, 6) is -2.08. The van der Waals surface area contributed by atoms with E-state index in [1.807, 2.05) is 13.8 Å². The lowest BCUT2D eigenvalue weighted by atomic mass is 9.77. The molecule has 2 aliphatic rings. The lowest BCUT2D eigenvalue weighted by molar-refractivity contribution is -0.191. The Morgan fingerprint density at radius 1 is 1.46 bits per heavy atom. The minimum Gasteiger partial charge on any atom is -0.455 e. The second-order valence-electron chi connectivity index (χ2n) is 7.99. The molecule has 2 fully saturated rings. The minimum absolute atomic E-state index is 0.0352. The van der Waals surface area contributed by atoms with Gasteiger partial charge in [0.15, 0.2) is 6.10 Å². The fourth-order valence-corrected chi connectivity index (χ4v) is 3.59. The topological polar surface area (TPSA) is 89.9 Å². The molecule has 146 valence electrons. The predicted octanol–water partition coefficient (Wildman–Crippen LogP) is 2.57. The SMILES string of the molecule is C=C1C(=O)OC2C1CC(=O)C(C)CCCC(C)(O)C2OC(=O)C(C)CC. The van der Waals surface area contributed by atoms with Crippen molar-refractivity contribution in [2.24, 2.45) is 17.8 Å².